The van der Waals surface area contributed by atoms with Crippen LogP contribution in [0.3, 0.4) is 0 Å². The van der Waals surface area contributed by atoms with Crippen molar-refractivity contribution >= 4 is 5.97 Å². The van der Waals surface area contributed by atoms with E-state index in [2.05, 4.69) is 6.92 Å². The van der Waals surface area contributed by atoms with Gasteiger partial charge in [-0.15, -0.1) is 0 Å². The van der Waals surface area contributed by atoms with Crippen LogP contribution >= 0.6 is 0 Å². The highest BCUT2D eigenvalue weighted by Gasteiger charge is 2.03. The summed E-state index contributed by atoms with van der Waals surface area (Å²) in [5.74, 6) is -0.397. The highest BCUT2D eigenvalue weighted by Crippen LogP contribution is 2.05. The number of hydrogen-bond donors (Lipinski definition) is 1. The molecular weight excluding hydrogens is 190 g/mol. The largest absolute Gasteiger partial charge is 0.461 e. The molecule has 0 aliphatic rings. The molecular formula is C12H23NO2. The van der Waals surface area contributed by atoms with Gasteiger partial charge in [0.2, 0.25) is 0 Å². The Morgan fingerprint density at radius 1 is 1.20 bits per heavy atom. The van der Waals surface area contributed by atoms with E-state index in [1.807, 2.05) is 0 Å². The van der Waals surface area contributed by atoms with Gasteiger partial charge in [0.1, 0.15) is 5.70 Å². The summed E-state index contributed by atoms with van der Waals surface area (Å²) in [4.78, 5) is 11.1. The first-order valence-electron chi connectivity index (χ1n) is 5.81. The Kier molecular flexibility index (Phi) is 8.93. The standard InChI is InChI=1S/C12H23NO2/c1-3-5-6-7-8-9-10-15-12(14)11(13)4-2/h4H,3,5-10,13H2,1-2H3. The van der Waals surface area contributed by atoms with Crippen molar-refractivity contribution in [1.29, 1.82) is 0 Å². The van der Waals surface area contributed by atoms with Crippen molar-refractivity contribution in [3.05, 3.63) is 11.8 Å². The van der Waals surface area contributed by atoms with E-state index in [0.29, 0.717) is 6.61 Å². The molecule has 0 aliphatic heterocycles. The molecule has 0 bridgehead atoms. The number of carbonyl (C=O) groups is 1. The lowest BCUT2D eigenvalue weighted by Crippen LogP contribution is -2.15. The molecule has 0 fully saturated rings. The van der Waals surface area contributed by atoms with E-state index in [0.717, 1.165) is 12.8 Å². The highest BCUT2D eigenvalue weighted by atomic mass is 16.5. The molecule has 3 nitrogen and oxygen atoms in total. The molecule has 0 rings (SSSR count). The lowest BCUT2D eigenvalue weighted by atomic mass is 10.1. The van der Waals surface area contributed by atoms with Gasteiger partial charge in [0, 0.05) is 0 Å². The predicted octanol–water partition coefficient (Wildman–Crippen LogP) is 2.75. The third kappa shape index (κ3) is 8.03. The summed E-state index contributed by atoms with van der Waals surface area (Å²) in [6.45, 7) is 4.41. The summed E-state index contributed by atoms with van der Waals surface area (Å²) in [6, 6.07) is 0. The van der Waals surface area contributed by atoms with Gasteiger partial charge < -0.3 is 10.5 Å². The summed E-state index contributed by atoms with van der Waals surface area (Å²) in [7, 11) is 0. The fourth-order valence-corrected chi connectivity index (χ4v) is 1.25. The van der Waals surface area contributed by atoms with E-state index in [1.165, 1.54) is 25.7 Å². The predicted molar refractivity (Wildman–Crippen MR) is 62.3 cm³/mol. The average Bonchev–Trinajstić information content (AvgIpc) is 2.26. The second-order valence-electron chi connectivity index (χ2n) is 3.65. The Hall–Kier alpha value is -0.990. The number of nitrogens with two attached hydrogens (primary N) is 1. The molecule has 0 aliphatic carbocycles. The van der Waals surface area contributed by atoms with Crippen molar-refractivity contribution in [3.63, 3.8) is 0 Å². The Labute approximate surface area is 92.7 Å². The lowest BCUT2D eigenvalue weighted by molar-refractivity contribution is -0.139. The SMILES string of the molecule is CC=C(N)C(=O)OCCCCCCCC. The van der Waals surface area contributed by atoms with Crippen molar-refractivity contribution in [2.45, 2.75) is 52.4 Å². The number of esters is 1. The van der Waals surface area contributed by atoms with Crippen LogP contribution < -0.4 is 5.73 Å². The van der Waals surface area contributed by atoms with E-state index in [9.17, 15) is 4.79 Å². The molecule has 0 saturated heterocycles. The van der Waals surface area contributed by atoms with E-state index in [1.54, 1.807) is 13.0 Å². The zero-order chi connectivity index (χ0) is 11.5. The van der Waals surface area contributed by atoms with Crippen LogP contribution in [0.2, 0.25) is 0 Å². The molecule has 0 spiro atoms. The van der Waals surface area contributed by atoms with Crippen molar-refractivity contribution in [2.75, 3.05) is 6.61 Å². The second kappa shape index (κ2) is 9.56. The molecule has 0 unspecified atom stereocenters. The van der Waals surface area contributed by atoms with Crippen LogP contribution in [0.5, 0.6) is 0 Å². The van der Waals surface area contributed by atoms with Crippen LogP contribution in [0.4, 0.5) is 0 Å². The van der Waals surface area contributed by atoms with Crippen LogP contribution in [0.25, 0.3) is 0 Å². The van der Waals surface area contributed by atoms with Crippen molar-refractivity contribution in [2.24, 2.45) is 5.73 Å². The molecule has 0 atom stereocenters. The van der Waals surface area contributed by atoms with Crippen LogP contribution in [0.15, 0.2) is 11.8 Å². The normalized spacial score (nSPS) is 11.5. The number of hydrogen-bond acceptors (Lipinski definition) is 3. The summed E-state index contributed by atoms with van der Waals surface area (Å²) in [6.07, 6.45) is 8.68. The molecule has 0 heterocycles. The van der Waals surface area contributed by atoms with Gasteiger partial charge in [-0.2, -0.15) is 0 Å². The summed E-state index contributed by atoms with van der Waals surface area (Å²) in [5, 5.41) is 0. The number of carbonyl (C=O) groups excluding carboxylic acids is 1. The monoisotopic (exact) mass is 213 g/mol. The Balaban J connectivity index is 3.28. The minimum atomic E-state index is -0.397. The van der Waals surface area contributed by atoms with Gasteiger partial charge in [-0.25, -0.2) is 4.79 Å². The number of rotatable bonds is 8. The fourth-order valence-electron chi connectivity index (χ4n) is 1.25. The number of allylic oxidation sites excluding steroid dienone is 1. The van der Waals surface area contributed by atoms with E-state index < -0.39 is 5.97 Å². The van der Waals surface area contributed by atoms with Gasteiger partial charge in [0.25, 0.3) is 0 Å². The maximum Gasteiger partial charge on any atom is 0.353 e. The maximum atomic E-state index is 11.1. The van der Waals surface area contributed by atoms with E-state index >= 15 is 0 Å². The molecule has 3 heteroatoms. The molecule has 88 valence electrons. The van der Waals surface area contributed by atoms with Crippen LogP contribution in [0.1, 0.15) is 52.4 Å². The van der Waals surface area contributed by atoms with Crippen LogP contribution in [-0.2, 0) is 9.53 Å². The molecule has 0 aromatic heterocycles. The molecule has 2 N–H and O–H groups in total. The Morgan fingerprint density at radius 3 is 2.40 bits per heavy atom. The maximum absolute atomic E-state index is 11.1. The van der Waals surface area contributed by atoms with E-state index in [-0.39, 0.29) is 5.70 Å². The van der Waals surface area contributed by atoms with Gasteiger partial charge >= 0.3 is 5.97 Å². The van der Waals surface area contributed by atoms with Gasteiger partial charge in [0.15, 0.2) is 0 Å². The Bertz CT molecular complexity index is 200. The molecule has 0 aromatic carbocycles. The first-order valence-corrected chi connectivity index (χ1v) is 5.81. The lowest BCUT2D eigenvalue weighted by Gasteiger charge is -2.04. The van der Waals surface area contributed by atoms with Gasteiger partial charge in [-0.1, -0.05) is 45.1 Å². The molecule has 15 heavy (non-hydrogen) atoms. The van der Waals surface area contributed by atoms with Crippen molar-refractivity contribution < 1.29 is 9.53 Å². The topological polar surface area (TPSA) is 52.3 Å². The Morgan fingerprint density at radius 2 is 1.80 bits per heavy atom. The van der Waals surface area contributed by atoms with E-state index in [4.69, 9.17) is 10.5 Å². The summed E-state index contributed by atoms with van der Waals surface area (Å²) < 4.78 is 4.97. The van der Waals surface area contributed by atoms with Crippen LogP contribution in [0, 0.1) is 0 Å². The zero-order valence-corrected chi connectivity index (χ0v) is 9.92. The summed E-state index contributed by atoms with van der Waals surface area (Å²) in [5.41, 5.74) is 5.58. The van der Waals surface area contributed by atoms with Gasteiger partial charge in [0.05, 0.1) is 6.61 Å². The van der Waals surface area contributed by atoms with Gasteiger partial charge in [-0.3, -0.25) is 0 Å². The van der Waals surface area contributed by atoms with Gasteiger partial charge in [-0.05, 0) is 13.3 Å². The van der Waals surface area contributed by atoms with Crippen LogP contribution in [-0.4, -0.2) is 12.6 Å². The smallest absolute Gasteiger partial charge is 0.353 e. The van der Waals surface area contributed by atoms with Crippen molar-refractivity contribution in [3.8, 4) is 0 Å². The third-order valence-corrected chi connectivity index (χ3v) is 2.28. The molecule has 0 amide bonds. The fraction of sp³-hybridized carbons (Fsp3) is 0.750. The first-order chi connectivity index (χ1) is 7.22. The minimum absolute atomic E-state index is 0.195. The molecule has 0 radical (unpaired) electrons. The third-order valence-electron chi connectivity index (χ3n) is 2.28. The quantitative estimate of drug-likeness (QED) is 0.383. The number of unbranched alkanes of at least 4 members (excludes halogenated alkanes) is 5. The zero-order valence-electron chi connectivity index (χ0n) is 9.92. The summed E-state index contributed by atoms with van der Waals surface area (Å²) >= 11 is 0. The second-order valence-corrected chi connectivity index (χ2v) is 3.65. The first kappa shape index (κ1) is 14.0. The minimum Gasteiger partial charge on any atom is -0.461 e. The number of ether oxygens (including phenoxy) is 1. The average molecular weight is 213 g/mol. The molecule has 0 saturated carbocycles. The molecule has 0 aromatic rings. The van der Waals surface area contributed by atoms with Crippen molar-refractivity contribution in [1.82, 2.24) is 0 Å². The highest BCUT2D eigenvalue weighted by molar-refractivity contribution is 5.87.